The van der Waals surface area contributed by atoms with Gasteiger partial charge in [-0.3, -0.25) is 5.43 Å². The number of nitrogens with one attached hydrogen (secondary N) is 2. The molecule has 0 aromatic heterocycles. The van der Waals surface area contributed by atoms with Crippen LogP contribution in [0.2, 0.25) is 0 Å². The Kier molecular flexibility index (Phi) is 5.33. The second-order valence-electron chi connectivity index (χ2n) is 4.71. The van der Waals surface area contributed by atoms with Crippen LogP contribution in [0.5, 0.6) is 0 Å². The van der Waals surface area contributed by atoms with E-state index in [1.807, 2.05) is 30.3 Å². The topological polar surface area (TPSA) is 36.4 Å². The fourth-order valence-electron chi connectivity index (χ4n) is 1.80. The van der Waals surface area contributed by atoms with Gasteiger partial charge in [0.2, 0.25) is 0 Å². The molecule has 0 bridgehead atoms. The van der Waals surface area contributed by atoms with E-state index in [0.29, 0.717) is 11.3 Å². The lowest BCUT2D eigenvalue weighted by Gasteiger charge is -2.10. The normalized spacial score (nSPS) is 11.9. The van der Waals surface area contributed by atoms with Gasteiger partial charge in [-0.2, -0.15) is 18.3 Å². The number of anilines is 1. The van der Waals surface area contributed by atoms with Gasteiger partial charge < -0.3 is 5.32 Å². The van der Waals surface area contributed by atoms with Crippen LogP contribution >= 0.6 is 12.2 Å². The molecule has 0 saturated carbocycles. The molecule has 2 aromatic carbocycles. The van der Waals surface area contributed by atoms with Gasteiger partial charge in [0, 0.05) is 5.69 Å². The summed E-state index contributed by atoms with van der Waals surface area (Å²) in [6, 6.07) is 14.2. The summed E-state index contributed by atoms with van der Waals surface area (Å²) in [5, 5.41) is 7.18. The van der Waals surface area contributed by atoms with Gasteiger partial charge in [0.05, 0.1) is 11.3 Å². The quantitative estimate of drug-likeness (QED) is 0.495. The predicted molar refractivity (Wildman–Crippen MR) is 89.5 cm³/mol. The first-order valence-corrected chi connectivity index (χ1v) is 7.11. The van der Waals surface area contributed by atoms with Gasteiger partial charge in [0.15, 0.2) is 5.11 Å². The zero-order valence-electron chi connectivity index (χ0n) is 12.2. The van der Waals surface area contributed by atoms with Gasteiger partial charge in [0.25, 0.3) is 0 Å². The Morgan fingerprint density at radius 1 is 1.04 bits per heavy atom. The van der Waals surface area contributed by atoms with Crippen molar-refractivity contribution in [3.63, 3.8) is 0 Å². The number of alkyl halides is 3. The fraction of sp³-hybridized carbons (Fsp3) is 0.125. The molecule has 7 heteroatoms. The summed E-state index contributed by atoms with van der Waals surface area (Å²) < 4.78 is 38.1. The highest BCUT2D eigenvalue weighted by atomic mass is 32.1. The van der Waals surface area contributed by atoms with E-state index >= 15 is 0 Å². The number of thiocarbonyl (C=S) groups is 1. The van der Waals surface area contributed by atoms with Crippen molar-refractivity contribution in [1.82, 2.24) is 5.43 Å². The molecule has 0 radical (unpaired) electrons. The average molecular weight is 337 g/mol. The molecule has 0 fully saturated rings. The molecule has 0 unspecified atom stereocenters. The molecule has 0 atom stereocenters. The van der Waals surface area contributed by atoms with E-state index in [-0.39, 0.29) is 5.11 Å². The molecule has 0 saturated heterocycles. The molecule has 3 nitrogen and oxygen atoms in total. The highest BCUT2D eigenvalue weighted by molar-refractivity contribution is 7.80. The van der Waals surface area contributed by atoms with Gasteiger partial charge in [-0.15, -0.1) is 0 Å². The fourth-order valence-corrected chi connectivity index (χ4v) is 1.96. The first kappa shape index (κ1) is 17.0. The van der Waals surface area contributed by atoms with Crippen LogP contribution in [-0.4, -0.2) is 10.8 Å². The van der Waals surface area contributed by atoms with E-state index in [1.54, 1.807) is 13.0 Å². The van der Waals surface area contributed by atoms with Gasteiger partial charge >= 0.3 is 6.18 Å². The maximum absolute atomic E-state index is 12.7. The molecule has 0 heterocycles. The molecule has 23 heavy (non-hydrogen) atoms. The summed E-state index contributed by atoms with van der Waals surface area (Å²) in [4.78, 5) is 0. The zero-order valence-corrected chi connectivity index (χ0v) is 13.0. The van der Waals surface area contributed by atoms with Crippen LogP contribution in [0.1, 0.15) is 18.1 Å². The van der Waals surface area contributed by atoms with E-state index in [1.165, 1.54) is 6.07 Å². The van der Waals surface area contributed by atoms with Crippen LogP contribution < -0.4 is 10.7 Å². The molecular formula is C16H14F3N3S. The van der Waals surface area contributed by atoms with Crippen LogP contribution in [0.3, 0.4) is 0 Å². The lowest BCUT2D eigenvalue weighted by Crippen LogP contribution is -2.25. The number of benzene rings is 2. The van der Waals surface area contributed by atoms with Crippen molar-refractivity contribution < 1.29 is 13.2 Å². The van der Waals surface area contributed by atoms with Crippen molar-refractivity contribution in [3.05, 3.63) is 65.7 Å². The third kappa shape index (κ3) is 5.07. The molecule has 2 aromatic rings. The van der Waals surface area contributed by atoms with Crippen molar-refractivity contribution in [2.75, 3.05) is 5.32 Å². The van der Waals surface area contributed by atoms with Gasteiger partial charge in [0.1, 0.15) is 0 Å². The summed E-state index contributed by atoms with van der Waals surface area (Å²) >= 11 is 5.08. The number of nitrogens with zero attached hydrogens (tertiary/aromatic N) is 1. The Balaban J connectivity index is 2.04. The first-order valence-electron chi connectivity index (χ1n) is 6.70. The van der Waals surface area contributed by atoms with Gasteiger partial charge in [-0.25, -0.2) is 0 Å². The van der Waals surface area contributed by atoms with Crippen molar-refractivity contribution in [2.45, 2.75) is 13.1 Å². The third-order valence-corrected chi connectivity index (χ3v) is 3.16. The van der Waals surface area contributed by atoms with E-state index in [0.717, 1.165) is 17.8 Å². The minimum atomic E-state index is -4.38. The number of hydrogen-bond acceptors (Lipinski definition) is 2. The van der Waals surface area contributed by atoms with E-state index in [9.17, 15) is 13.2 Å². The largest absolute Gasteiger partial charge is 0.416 e. The van der Waals surface area contributed by atoms with Crippen LogP contribution in [0.25, 0.3) is 0 Å². The maximum Gasteiger partial charge on any atom is 0.416 e. The molecule has 2 rings (SSSR count). The highest BCUT2D eigenvalue weighted by Crippen LogP contribution is 2.29. The van der Waals surface area contributed by atoms with E-state index in [2.05, 4.69) is 15.8 Å². The maximum atomic E-state index is 12.7. The van der Waals surface area contributed by atoms with Crippen molar-refractivity contribution >= 4 is 28.7 Å². The predicted octanol–water partition coefficient (Wildman–Crippen LogP) is 4.42. The Morgan fingerprint density at radius 2 is 1.74 bits per heavy atom. The summed E-state index contributed by atoms with van der Waals surface area (Å²) in [7, 11) is 0. The standard InChI is InChI=1S/C16H14F3N3S/c1-11(12-6-5-7-13(10-12)16(17,18)19)21-22-15(23)20-14-8-3-2-4-9-14/h2-10H,1H3,(H2,20,22,23)/b21-11-. The third-order valence-electron chi connectivity index (χ3n) is 2.96. The number of hydrogen-bond donors (Lipinski definition) is 2. The minimum Gasteiger partial charge on any atom is -0.331 e. The first-order chi connectivity index (χ1) is 10.9. The molecule has 120 valence electrons. The van der Waals surface area contributed by atoms with Crippen molar-refractivity contribution in [3.8, 4) is 0 Å². The average Bonchev–Trinajstić information content (AvgIpc) is 2.53. The minimum absolute atomic E-state index is 0.252. The molecule has 0 amide bonds. The Hall–Kier alpha value is -2.41. The molecule has 0 aliphatic heterocycles. The lowest BCUT2D eigenvalue weighted by atomic mass is 10.1. The Labute approximate surface area is 137 Å². The highest BCUT2D eigenvalue weighted by Gasteiger charge is 2.30. The smallest absolute Gasteiger partial charge is 0.331 e. The SMILES string of the molecule is C/C(=N/NC(=S)Nc1ccccc1)c1cccc(C(F)(F)F)c1. The second-order valence-corrected chi connectivity index (χ2v) is 5.12. The molecular weight excluding hydrogens is 323 g/mol. The van der Waals surface area contributed by atoms with Gasteiger partial charge in [-0.1, -0.05) is 30.3 Å². The summed E-state index contributed by atoms with van der Waals surface area (Å²) in [5.74, 6) is 0. The van der Waals surface area contributed by atoms with Crippen LogP contribution in [-0.2, 0) is 6.18 Å². The summed E-state index contributed by atoms with van der Waals surface area (Å²) in [6.45, 7) is 1.60. The summed E-state index contributed by atoms with van der Waals surface area (Å²) in [6.07, 6.45) is -4.38. The number of hydrazone groups is 1. The van der Waals surface area contributed by atoms with Crippen LogP contribution in [0.4, 0.5) is 18.9 Å². The molecule has 0 spiro atoms. The van der Waals surface area contributed by atoms with Gasteiger partial charge in [-0.05, 0) is 49.0 Å². The van der Waals surface area contributed by atoms with Crippen LogP contribution in [0.15, 0.2) is 59.7 Å². The number of para-hydroxylation sites is 1. The Bertz CT molecular complexity index is 712. The lowest BCUT2D eigenvalue weighted by molar-refractivity contribution is -0.137. The van der Waals surface area contributed by atoms with Crippen LogP contribution in [0, 0.1) is 0 Å². The monoisotopic (exact) mass is 337 g/mol. The second kappa shape index (κ2) is 7.23. The van der Waals surface area contributed by atoms with E-state index in [4.69, 9.17) is 12.2 Å². The molecule has 2 N–H and O–H groups in total. The number of rotatable bonds is 3. The molecule has 0 aliphatic rings. The van der Waals surface area contributed by atoms with Crippen molar-refractivity contribution in [1.29, 1.82) is 0 Å². The Morgan fingerprint density at radius 3 is 2.39 bits per heavy atom. The van der Waals surface area contributed by atoms with E-state index < -0.39 is 11.7 Å². The zero-order chi connectivity index (χ0) is 16.9. The molecule has 0 aliphatic carbocycles. The number of halogens is 3. The van der Waals surface area contributed by atoms with Crippen molar-refractivity contribution in [2.24, 2.45) is 5.10 Å². The summed E-state index contributed by atoms with van der Waals surface area (Å²) in [5.41, 5.74) is 3.46.